The first-order valence-corrected chi connectivity index (χ1v) is 11.7. The van der Waals surface area contributed by atoms with Crippen molar-refractivity contribution >= 4 is 39.1 Å². The van der Waals surface area contributed by atoms with E-state index in [-0.39, 0.29) is 25.0 Å². The second kappa shape index (κ2) is 8.00. The third-order valence-corrected chi connectivity index (χ3v) is 6.97. The highest BCUT2D eigenvalue weighted by Crippen LogP contribution is 2.32. The van der Waals surface area contributed by atoms with E-state index in [1.165, 1.54) is 4.90 Å². The molecule has 3 rings (SSSR count). The third kappa shape index (κ3) is 4.34. The van der Waals surface area contributed by atoms with Gasteiger partial charge in [0.25, 0.3) is 0 Å². The molecule has 0 aromatic heterocycles. The van der Waals surface area contributed by atoms with E-state index in [4.69, 9.17) is 11.6 Å². The number of hydrogen-bond acceptors (Lipinski definition) is 4. The van der Waals surface area contributed by atoms with E-state index in [2.05, 4.69) is 5.32 Å². The summed E-state index contributed by atoms with van der Waals surface area (Å²) in [5.41, 5.74) is -0.840. The Morgan fingerprint density at radius 3 is 2.36 bits per heavy atom. The summed E-state index contributed by atoms with van der Waals surface area (Å²) in [6, 6.07) is 6.68. The lowest BCUT2D eigenvalue weighted by Crippen LogP contribution is -2.70. The summed E-state index contributed by atoms with van der Waals surface area (Å²) >= 11 is 5.96. The van der Waals surface area contributed by atoms with Gasteiger partial charge in [0.15, 0.2) is 0 Å². The van der Waals surface area contributed by atoms with Crippen molar-refractivity contribution in [1.82, 2.24) is 9.62 Å². The zero-order valence-electron chi connectivity index (χ0n) is 16.2. The van der Waals surface area contributed by atoms with Crippen LogP contribution in [0.5, 0.6) is 0 Å². The molecule has 1 aromatic rings. The van der Waals surface area contributed by atoms with Crippen molar-refractivity contribution in [2.75, 3.05) is 24.2 Å². The summed E-state index contributed by atoms with van der Waals surface area (Å²) in [4.78, 5) is 27.7. The van der Waals surface area contributed by atoms with E-state index in [0.29, 0.717) is 10.7 Å². The fraction of sp³-hybridized carbons (Fsp3) is 0.579. The van der Waals surface area contributed by atoms with Crippen LogP contribution in [-0.2, 0) is 19.6 Å². The summed E-state index contributed by atoms with van der Waals surface area (Å²) < 4.78 is 25.3. The fourth-order valence-electron chi connectivity index (χ4n) is 3.98. The molecule has 9 heteroatoms. The Hall–Kier alpha value is -1.64. The first-order valence-electron chi connectivity index (χ1n) is 9.46. The highest BCUT2D eigenvalue weighted by atomic mass is 35.5. The van der Waals surface area contributed by atoms with Crippen molar-refractivity contribution in [2.24, 2.45) is 0 Å². The number of carbonyl (C=O) groups excluding carboxylic acids is 2. The van der Waals surface area contributed by atoms with Crippen LogP contribution in [0.4, 0.5) is 5.69 Å². The minimum absolute atomic E-state index is 0.0499. The van der Waals surface area contributed by atoms with Crippen molar-refractivity contribution in [3.8, 4) is 0 Å². The molecule has 7 nitrogen and oxygen atoms in total. The molecule has 0 spiro atoms. The Bertz CT molecular complexity index is 852. The summed E-state index contributed by atoms with van der Waals surface area (Å²) in [7, 11) is -3.62. The zero-order chi connectivity index (χ0) is 20.5. The lowest BCUT2D eigenvalue weighted by atomic mass is 9.91. The predicted molar refractivity (Wildman–Crippen MR) is 109 cm³/mol. The predicted octanol–water partition coefficient (Wildman–Crippen LogP) is 2.16. The van der Waals surface area contributed by atoms with E-state index < -0.39 is 21.5 Å². The van der Waals surface area contributed by atoms with Gasteiger partial charge >= 0.3 is 0 Å². The van der Waals surface area contributed by atoms with E-state index in [1.54, 1.807) is 31.2 Å². The molecular formula is C19H26ClN3O4S. The minimum Gasteiger partial charge on any atom is -0.351 e. The van der Waals surface area contributed by atoms with Crippen LogP contribution in [0.1, 0.15) is 39.0 Å². The lowest BCUT2D eigenvalue weighted by molar-refractivity contribution is -0.133. The summed E-state index contributed by atoms with van der Waals surface area (Å²) in [6.07, 6.45) is 6.10. The molecule has 28 heavy (non-hydrogen) atoms. The largest absolute Gasteiger partial charge is 0.351 e. The Kier molecular flexibility index (Phi) is 6.03. The van der Waals surface area contributed by atoms with E-state index in [0.717, 1.165) is 42.7 Å². The van der Waals surface area contributed by atoms with Gasteiger partial charge in [0.1, 0.15) is 5.54 Å². The number of sulfonamides is 1. The van der Waals surface area contributed by atoms with Crippen molar-refractivity contribution in [1.29, 1.82) is 0 Å². The molecule has 2 fully saturated rings. The Morgan fingerprint density at radius 2 is 1.79 bits per heavy atom. The van der Waals surface area contributed by atoms with Crippen molar-refractivity contribution < 1.29 is 18.0 Å². The molecule has 1 heterocycles. The highest BCUT2D eigenvalue weighted by molar-refractivity contribution is 7.88. The molecule has 1 atom stereocenters. The smallest absolute Gasteiger partial charge is 0.247 e. The van der Waals surface area contributed by atoms with Gasteiger partial charge in [-0.2, -0.15) is 4.31 Å². The number of amides is 2. The second-order valence-corrected chi connectivity index (χ2v) is 10.2. The Balaban J connectivity index is 1.96. The van der Waals surface area contributed by atoms with E-state index in [9.17, 15) is 18.0 Å². The number of rotatable bonds is 4. The van der Waals surface area contributed by atoms with Gasteiger partial charge in [-0.1, -0.05) is 30.9 Å². The normalized spacial score (nSPS) is 25.0. The monoisotopic (exact) mass is 427 g/mol. The molecule has 1 N–H and O–H groups in total. The Labute approximate surface area is 171 Å². The van der Waals surface area contributed by atoms with Gasteiger partial charge in [0.2, 0.25) is 21.8 Å². The van der Waals surface area contributed by atoms with Gasteiger partial charge in [-0.25, -0.2) is 8.42 Å². The molecule has 154 valence electrons. The van der Waals surface area contributed by atoms with E-state index >= 15 is 0 Å². The number of hydrogen-bond donors (Lipinski definition) is 1. The zero-order valence-corrected chi connectivity index (χ0v) is 17.7. The maximum atomic E-state index is 13.3. The van der Waals surface area contributed by atoms with Crippen LogP contribution >= 0.6 is 11.6 Å². The number of nitrogens with one attached hydrogen (secondary N) is 1. The highest BCUT2D eigenvalue weighted by Gasteiger charge is 2.50. The molecule has 1 aliphatic carbocycles. The van der Waals surface area contributed by atoms with Crippen LogP contribution in [0, 0.1) is 0 Å². The van der Waals surface area contributed by atoms with Gasteiger partial charge < -0.3 is 5.32 Å². The number of anilines is 1. The van der Waals surface area contributed by atoms with Crippen molar-refractivity contribution in [3.05, 3.63) is 29.3 Å². The molecule has 1 saturated carbocycles. The summed E-state index contributed by atoms with van der Waals surface area (Å²) in [5, 5.41) is 3.57. The quantitative estimate of drug-likeness (QED) is 0.797. The second-order valence-electron chi connectivity index (χ2n) is 7.82. The average molecular weight is 428 g/mol. The van der Waals surface area contributed by atoms with Crippen LogP contribution in [0.25, 0.3) is 0 Å². The maximum Gasteiger partial charge on any atom is 0.247 e. The minimum atomic E-state index is -3.62. The van der Waals surface area contributed by atoms with Crippen LogP contribution in [0.2, 0.25) is 5.02 Å². The molecule has 0 radical (unpaired) electrons. The van der Waals surface area contributed by atoms with Crippen LogP contribution < -0.4 is 10.2 Å². The molecule has 0 bridgehead atoms. The molecule has 1 aromatic carbocycles. The van der Waals surface area contributed by atoms with Crippen LogP contribution in [0.3, 0.4) is 0 Å². The van der Waals surface area contributed by atoms with Crippen molar-refractivity contribution in [3.63, 3.8) is 0 Å². The number of benzene rings is 1. The fourth-order valence-corrected chi connectivity index (χ4v) is 4.94. The van der Waals surface area contributed by atoms with Gasteiger partial charge in [-0.3, -0.25) is 14.5 Å². The number of nitrogens with zero attached hydrogens (tertiary/aromatic N) is 2. The van der Waals surface area contributed by atoms with Gasteiger partial charge in [0, 0.05) is 23.3 Å². The molecule has 2 aliphatic rings. The maximum absolute atomic E-state index is 13.3. The Morgan fingerprint density at radius 1 is 1.18 bits per heavy atom. The molecule has 1 aliphatic heterocycles. The SMILES string of the molecule is CC1(C(=O)NC2CCCCC2)CN(S(C)(=O)=O)CC(=O)N1c1ccc(Cl)cc1. The third-order valence-electron chi connectivity index (χ3n) is 5.52. The van der Waals surface area contributed by atoms with E-state index in [1.807, 2.05) is 0 Å². The van der Waals surface area contributed by atoms with Crippen LogP contribution in [0.15, 0.2) is 24.3 Å². The van der Waals surface area contributed by atoms with Gasteiger partial charge in [-0.15, -0.1) is 0 Å². The standard InChI is InChI=1S/C19H26ClN3O4S/c1-19(18(25)21-15-6-4-3-5-7-15)13-22(28(2,26)27)12-17(24)23(19)16-10-8-14(20)9-11-16/h8-11,15H,3-7,12-13H2,1-2H3,(H,21,25). The lowest BCUT2D eigenvalue weighted by Gasteiger charge is -2.47. The van der Waals surface area contributed by atoms with Crippen LogP contribution in [-0.4, -0.2) is 55.5 Å². The average Bonchev–Trinajstić information content (AvgIpc) is 2.63. The van der Waals surface area contributed by atoms with Gasteiger partial charge in [-0.05, 0) is 44.0 Å². The number of carbonyl (C=O) groups is 2. The first kappa shape index (κ1) is 21.1. The number of piperazine rings is 1. The molecule has 1 unspecified atom stereocenters. The molecule has 2 amide bonds. The summed E-state index contributed by atoms with van der Waals surface area (Å²) in [5.74, 6) is -0.781. The topological polar surface area (TPSA) is 86.8 Å². The van der Waals surface area contributed by atoms with Gasteiger partial charge in [0.05, 0.1) is 12.8 Å². The number of halogens is 1. The molecule has 1 saturated heterocycles. The first-order chi connectivity index (χ1) is 13.1. The molecular weight excluding hydrogens is 402 g/mol. The van der Waals surface area contributed by atoms with Crippen molar-refractivity contribution in [2.45, 2.75) is 50.6 Å². The summed E-state index contributed by atoms with van der Waals surface area (Å²) in [6.45, 7) is 1.22.